The molecule has 0 aliphatic carbocycles. The molecule has 2 rings (SSSR count). The molecule has 0 aromatic heterocycles. The third-order valence-electron chi connectivity index (χ3n) is 4.87. The average molecular weight is 421 g/mol. The van der Waals surface area contributed by atoms with Crippen LogP contribution in [0.15, 0.2) is 30.3 Å². The molecule has 0 bridgehead atoms. The smallest absolute Gasteiger partial charge is 0.227 e. The van der Waals surface area contributed by atoms with E-state index in [1.807, 2.05) is 24.3 Å². The molecule has 0 saturated carbocycles. The summed E-state index contributed by atoms with van der Waals surface area (Å²) in [7, 11) is -3.25. The molecule has 1 aromatic rings. The molecule has 8 nitrogen and oxygen atoms in total. The zero-order valence-electron chi connectivity index (χ0n) is 16.7. The van der Waals surface area contributed by atoms with Gasteiger partial charge in [0, 0.05) is 44.7 Å². The van der Waals surface area contributed by atoms with E-state index in [9.17, 15) is 18.0 Å². The molecule has 1 fully saturated rings. The van der Waals surface area contributed by atoms with Gasteiger partial charge in [0.05, 0.1) is 18.7 Å². The maximum Gasteiger partial charge on any atom is 0.227 e. The van der Waals surface area contributed by atoms with Crippen LogP contribution >= 0.6 is 0 Å². The van der Waals surface area contributed by atoms with E-state index in [2.05, 4.69) is 4.72 Å². The summed E-state index contributed by atoms with van der Waals surface area (Å²) in [5.74, 6) is -0.211. The number of nitrogens with zero attached hydrogens (tertiary/aromatic N) is 3. The van der Waals surface area contributed by atoms with E-state index in [-0.39, 0.29) is 43.5 Å². The predicted octanol–water partition coefficient (Wildman–Crippen LogP) is 1.50. The number of anilines is 1. The van der Waals surface area contributed by atoms with E-state index < -0.39 is 10.0 Å². The van der Waals surface area contributed by atoms with Crippen molar-refractivity contribution in [2.75, 3.05) is 37.3 Å². The lowest BCUT2D eigenvalue weighted by molar-refractivity contribution is -0.134. The molecule has 1 aliphatic heterocycles. The van der Waals surface area contributed by atoms with Gasteiger partial charge in [-0.25, -0.2) is 13.1 Å². The number of amides is 2. The Morgan fingerprint density at radius 1 is 1.28 bits per heavy atom. The van der Waals surface area contributed by atoms with E-state index in [0.717, 1.165) is 19.1 Å². The number of para-hydroxylation sites is 1. The molecule has 1 atom stereocenters. The highest BCUT2D eigenvalue weighted by molar-refractivity contribution is 7.88. The van der Waals surface area contributed by atoms with Crippen LogP contribution in [-0.2, 0) is 19.6 Å². The Kier molecular flexibility index (Phi) is 8.61. The Morgan fingerprint density at radius 2 is 2.00 bits per heavy atom. The maximum absolute atomic E-state index is 12.7. The zero-order valence-corrected chi connectivity index (χ0v) is 17.5. The third-order valence-corrected chi connectivity index (χ3v) is 5.57. The number of benzene rings is 1. The summed E-state index contributed by atoms with van der Waals surface area (Å²) in [4.78, 5) is 28.5. The van der Waals surface area contributed by atoms with Gasteiger partial charge >= 0.3 is 0 Å². The second kappa shape index (κ2) is 10.9. The normalized spacial score (nSPS) is 16.8. The van der Waals surface area contributed by atoms with Gasteiger partial charge in [0.1, 0.15) is 0 Å². The molecule has 0 spiro atoms. The standard InChI is InChI=1S/C20H28N4O4S/c1-29(27,28)22-15-17-7-5-13-23(16-17)19(25)10-11-20(26)24(14-6-12-21)18-8-3-2-4-9-18/h2-4,8-9,17,22H,5-7,10-11,13-16H2,1H3. The molecule has 1 aliphatic rings. The topological polar surface area (TPSA) is 111 Å². The van der Waals surface area contributed by atoms with Crippen molar-refractivity contribution in [3.05, 3.63) is 30.3 Å². The zero-order chi connectivity index (χ0) is 21.3. The highest BCUT2D eigenvalue weighted by Crippen LogP contribution is 2.19. The Hall–Kier alpha value is -2.44. The van der Waals surface area contributed by atoms with Crippen LogP contribution in [0.4, 0.5) is 5.69 Å². The molecule has 2 amide bonds. The van der Waals surface area contributed by atoms with Gasteiger partial charge in [-0.2, -0.15) is 5.26 Å². The molecule has 1 unspecified atom stereocenters. The number of sulfonamides is 1. The molecule has 9 heteroatoms. The number of nitriles is 1. The summed E-state index contributed by atoms with van der Waals surface area (Å²) in [6, 6.07) is 11.2. The molecular formula is C20H28N4O4S. The average Bonchev–Trinajstić information content (AvgIpc) is 2.71. The van der Waals surface area contributed by atoms with Crippen molar-refractivity contribution in [1.82, 2.24) is 9.62 Å². The molecule has 1 aromatic carbocycles. The minimum atomic E-state index is -3.25. The lowest BCUT2D eigenvalue weighted by atomic mass is 9.98. The highest BCUT2D eigenvalue weighted by Gasteiger charge is 2.25. The first-order valence-corrected chi connectivity index (χ1v) is 11.6. The van der Waals surface area contributed by atoms with Crippen molar-refractivity contribution in [2.45, 2.75) is 32.1 Å². The first kappa shape index (κ1) is 22.8. The van der Waals surface area contributed by atoms with E-state index in [4.69, 9.17) is 5.26 Å². The Bertz CT molecular complexity index is 836. The second-order valence-electron chi connectivity index (χ2n) is 7.26. The van der Waals surface area contributed by atoms with Gasteiger partial charge in [0.2, 0.25) is 21.8 Å². The fourth-order valence-corrected chi connectivity index (χ4v) is 3.94. The van der Waals surface area contributed by atoms with Crippen molar-refractivity contribution < 1.29 is 18.0 Å². The molecule has 158 valence electrons. The molecule has 0 radical (unpaired) electrons. The number of piperidine rings is 1. The van der Waals surface area contributed by atoms with E-state index >= 15 is 0 Å². The van der Waals surface area contributed by atoms with Crippen LogP contribution < -0.4 is 9.62 Å². The van der Waals surface area contributed by atoms with E-state index in [0.29, 0.717) is 25.3 Å². The Morgan fingerprint density at radius 3 is 2.66 bits per heavy atom. The molecule has 1 N–H and O–H groups in total. The van der Waals surface area contributed by atoms with Gasteiger partial charge in [0.15, 0.2) is 0 Å². The van der Waals surface area contributed by atoms with Crippen molar-refractivity contribution in [3.63, 3.8) is 0 Å². The molecule has 29 heavy (non-hydrogen) atoms. The minimum absolute atomic E-state index is 0.0713. The number of rotatable bonds is 9. The summed E-state index contributed by atoms with van der Waals surface area (Å²) in [6.45, 7) is 1.72. The maximum atomic E-state index is 12.7. The summed E-state index contributed by atoms with van der Waals surface area (Å²) in [5, 5.41) is 8.86. The summed E-state index contributed by atoms with van der Waals surface area (Å²) >= 11 is 0. The number of carbonyl (C=O) groups is 2. The SMILES string of the molecule is CS(=O)(=O)NCC1CCCN(C(=O)CCC(=O)N(CCC#N)c2ccccc2)C1. The van der Waals surface area contributed by atoms with Gasteiger partial charge in [-0.3, -0.25) is 9.59 Å². The lowest BCUT2D eigenvalue weighted by Crippen LogP contribution is -2.44. The van der Waals surface area contributed by atoms with Crippen molar-refractivity contribution in [3.8, 4) is 6.07 Å². The molecule has 1 heterocycles. The summed E-state index contributed by atoms with van der Waals surface area (Å²) < 4.78 is 25.0. The first-order chi connectivity index (χ1) is 13.8. The lowest BCUT2D eigenvalue weighted by Gasteiger charge is -2.33. The van der Waals surface area contributed by atoms with Crippen LogP contribution in [-0.4, -0.2) is 57.6 Å². The van der Waals surface area contributed by atoms with E-state index in [1.165, 1.54) is 0 Å². The minimum Gasteiger partial charge on any atom is -0.342 e. The fraction of sp³-hybridized carbons (Fsp3) is 0.550. The quantitative estimate of drug-likeness (QED) is 0.651. The van der Waals surface area contributed by atoms with Crippen molar-refractivity contribution in [1.29, 1.82) is 5.26 Å². The largest absolute Gasteiger partial charge is 0.342 e. The van der Waals surface area contributed by atoms with Crippen molar-refractivity contribution in [2.24, 2.45) is 5.92 Å². The summed E-state index contributed by atoms with van der Waals surface area (Å²) in [6.07, 6.45) is 3.18. The first-order valence-electron chi connectivity index (χ1n) is 9.75. The van der Waals surface area contributed by atoms with Gasteiger partial charge in [-0.05, 0) is 30.9 Å². The van der Waals surface area contributed by atoms with Crippen LogP contribution in [0.1, 0.15) is 32.1 Å². The molecule has 1 saturated heterocycles. The monoisotopic (exact) mass is 420 g/mol. The van der Waals surface area contributed by atoms with Gasteiger partial charge < -0.3 is 9.80 Å². The highest BCUT2D eigenvalue weighted by atomic mass is 32.2. The third kappa shape index (κ3) is 7.83. The summed E-state index contributed by atoms with van der Waals surface area (Å²) in [5.41, 5.74) is 0.713. The second-order valence-corrected chi connectivity index (χ2v) is 9.09. The van der Waals surface area contributed by atoms with E-state index in [1.54, 1.807) is 21.9 Å². The van der Waals surface area contributed by atoms with Gasteiger partial charge in [0.25, 0.3) is 0 Å². The number of nitrogens with one attached hydrogen (secondary N) is 1. The molecular weight excluding hydrogens is 392 g/mol. The van der Waals surface area contributed by atoms with Crippen LogP contribution in [0.3, 0.4) is 0 Å². The number of likely N-dealkylation sites (tertiary alicyclic amines) is 1. The van der Waals surface area contributed by atoms with Crippen LogP contribution in [0.2, 0.25) is 0 Å². The number of hydrogen-bond donors (Lipinski definition) is 1. The predicted molar refractivity (Wildman–Crippen MR) is 110 cm³/mol. The van der Waals surface area contributed by atoms with Crippen LogP contribution in [0.5, 0.6) is 0 Å². The number of hydrogen-bond acceptors (Lipinski definition) is 5. The Labute approximate surface area is 172 Å². The van der Waals surface area contributed by atoms with Crippen molar-refractivity contribution >= 4 is 27.5 Å². The van der Waals surface area contributed by atoms with Crippen LogP contribution in [0, 0.1) is 17.2 Å². The van der Waals surface area contributed by atoms with Gasteiger partial charge in [-0.15, -0.1) is 0 Å². The number of carbonyl (C=O) groups excluding carboxylic acids is 2. The fourth-order valence-electron chi connectivity index (χ4n) is 3.40. The Balaban J connectivity index is 1.89. The van der Waals surface area contributed by atoms with Crippen LogP contribution in [0.25, 0.3) is 0 Å². The van der Waals surface area contributed by atoms with Gasteiger partial charge in [-0.1, -0.05) is 18.2 Å².